The normalized spacial score (nSPS) is 10.1. The molecule has 0 atom stereocenters. The average molecular weight is 289 g/mol. The van der Waals surface area contributed by atoms with Gasteiger partial charge in [0.05, 0.1) is 0 Å². The summed E-state index contributed by atoms with van der Waals surface area (Å²) in [7, 11) is 0. The lowest BCUT2D eigenvalue weighted by Crippen LogP contribution is -2.28. The summed E-state index contributed by atoms with van der Waals surface area (Å²) in [6, 6.07) is 8.32. The van der Waals surface area contributed by atoms with Gasteiger partial charge in [0.15, 0.2) is 6.61 Å². The minimum absolute atomic E-state index is 0.165. The van der Waals surface area contributed by atoms with E-state index in [0.29, 0.717) is 11.3 Å². The largest absolute Gasteiger partial charge is 0.465 e. The maximum atomic E-state index is 11.6. The van der Waals surface area contributed by atoms with Crippen molar-refractivity contribution in [1.29, 1.82) is 0 Å². The summed E-state index contributed by atoms with van der Waals surface area (Å²) in [5.74, 6) is 0.0556. The third-order valence-corrected chi connectivity index (χ3v) is 2.66. The summed E-state index contributed by atoms with van der Waals surface area (Å²) < 4.78 is 9.96. The van der Waals surface area contributed by atoms with Gasteiger partial charge in [0.1, 0.15) is 5.76 Å². The molecule has 1 heterocycles. The zero-order valence-electron chi connectivity index (χ0n) is 11.5. The van der Waals surface area contributed by atoms with Crippen molar-refractivity contribution in [2.24, 2.45) is 5.73 Å². The Labute approximate surface area is 121 Å². The number of ether oxygens (including phenoxy) is 1. The van der Waals surface area contributed by atoms with E-state index >= 15 is 0 Å². The van der Waals surface area contributed by atoms with Gasteiger partial charge in [0.25, 0.3) is 11.8 Å². The van der Waals surface area contributed by atoms with E-state index in [1.54, 1.807) is 37.3 Å². The summed E-state index contributed by atoms with van der Waals surface area (Å²) in [6.07, 6.45) is 0. The monoisotopic (exact) mass is 289 g/mol. The first kappa shape index (κ1) is 14.6. The zero-order valence-corrected chi connectivity index (χ0v) is 11.5. The van der Waals surface area contributed by atoms with Crippen molar-refractivity contribution in [2.45, 2.75) is 13.5 Å². The van der Waals surface area contributed by atoms with E-state index in [2.05, 4.69) is 10.5 Å². The Balaban J connectivity index is 1.81. The maximum absolute atomic E-state index is 11.6. The van der Waals surface area contributed by atoms with Crippen LogP contribution in [0, 0.1) is 6.92 Å². The molecule has 0 unspecified atom stereocenters. The molecule has 0 fully saturated rings. The Morgan fingerprint density at radius 1 is 1.38 bits per heavy atom. The molecule has 0 aliphatic carbocycles. The van der Waals surface area contributed by atoms with Crippen molar-refractivity contribution in [3.8, 4) is 5.88 Å². The fourth-order valence-electron chi connectivity index (χ4n) is 1.64. The minimum atomic E-state index is -0.507. The molecular weight excluding hydrogens is 274 g/mol. The summed E-state index contributed by atoms with van der Waals surface area (Å²) in [5.41, 5.74) is 6.36. The number of hydrogen-bond donors (Lipinski definition) is 2. The van der Waals surface area contributed by atoms with Crippen molar-refractivity contribution >= 4 is 11.8 Å². The first-order chi connectivity index (χ1) is 10.0. The predicted molar refractivity (Wildman–Crippen MR) is 73.5 cm³/mol. The summed E-state index contributed by atoms with van der Waals surface area (Å²) in [5, 5.41) is 6.28. The highest BCUT2D eigenvalue weighted by atomic mass is 16.5. The van der Waals surface area contributed by atoms with Crippen molar-refractivity contribution in [1.82, 2.24) is 10.5 Å². The molecule has 0 radical (unpaired) electrons. The molecule has 2 rings (SSSR count). The third-order valence-electron chi connectivity index (χ3n) is 2.66. The zero-order chi connectivity index (χ0) is 15.2. The maximum Gasteiger partial charge on any atom is 0.258 e. The standard InChI is InChI=1S/C14H15N3O4/c1-9-5-13(17-21-9)20-8-12(18)16-7-10-3-2-4-11(6-10)14(15)19/h2-6H,7-8H2,1H3,(H2,15,19)(H,16,18). The Hall–Kier alpha value is -2.83. The predicted octanol–water partition coefficient (Wildman–Crippen LogP) is 0.777. The molecule has 2 amide bonds. The molecule has 0 aliphatic rings. The lowest BCUT2D eigenvalue weighted by molar-refractivity contribution is -0.123. The fraction of sp³-hybridized carbons (Fsp3) is 0.214. The smallest absolute Gasteiger partial charge is 0.258 e. The van der Waals surface area contributed by atoms with Crippen LogP contribution < -0.4 is 15.8 Å². The molecule has 3 N–H and O–H groups in total. The third kappa shape index (κ3) is 4.34. The molecule has 7 nitrogen and oxygen atoms in total. The number of aromatic nitrogens is 1. The number of nitrogens with one attached hydrogen (secondary N) is 1. The Morgan fingerprint density at radius 3 is 2.86 bits per heavy atom. The van der Waals surface area contributed by atoms with Crippen molar-refractivity contribution in [2.75, 3.05) is 6.61 Å². The number of primary amides is 1. The van der Waals surface area contributed by atoms with E-state index in [4.69, 9.17) is 15.0 Å². The average Bonchev–Trinajstić information content (AvgIpc) is 2.89. The molecule has 21 heavy (non-hydrogen) atoms. The van der Waals surface area contributed by atoms with Crippen molar-refractivity contribution in [3.63, 3.8) is 0 Å². The van der Waals surface area contributed by atoms with Crippen LogP contribution >= 0.6 is 0 Å². The number of aryl methyl sites for hydroxylation is 1. The van der Waals surface area contributed by atoms with E-state index in [1.165, 1.54) is 0 Å². The van der Waals surface area contributed by atoms with Gasteiger partial charge in [-0.25, -0.2) is 0 Å². The lowest BCUT2D eigenvalue weighted by Gasteiger charge is -2.06. The highest BCUT2D eigenvalue weighted by molar-refractivity contribution is 5.92. The number of rotatable bonds is 6. The number of nitrogens with zero attached hydrogens (tertiary/aromatic N) is 1. The van der Waals surface area contributed by atoms with Crippen molar-refractivity contribution in [3.05, 3.63) is 47.2 Å². The summed E-state index contributed by atoms with van der Waals surface area (Å²) >= 11 is 0. The minimum Gasteiger partial charge on any atom is -0.465 e. The number of amides is 2. The van der Waals surface area contributed by atoms with Gasteiger partial charge < -0.3 is 20.3 Å². The lowest BCUT2D eigenvalue weighted by atomic mass is 10.1. The molecule has 7 heteroatoms. The summed E-state index contributed by atoms with van der Waals surface area (Å²) in [4.78, 5) is 22.7. The fourth-order valence-corrected chi connectivity index (χ4v) is 1.64. The Kier molecular flexibility index (Phi) is 4.55. The molecular formula is C14H15N3O4. The number of benzene rings is 1. The van der Waals surface area contributed by atoms with E-state index < -0.39 is 5.91 Å². The molecule has 1 aromatic carbocycles. The van der Waals surface area contributed by atoms with Crippen LogP contribution in [0.2, 0.25) is 0 Å². The van der Waals surface area contributed by atoms with E-state index in [1.807, 2.05) is 0 Å². The van der Waals surface area contributed by atoms with Gasteiger partial charge in [-0.15, -0.1) is 0 Å². The second kappa shape index (κ2) is 6.56. The molecule has 1 aromatic heterocycles. The second-order valence-corrected chi connectivity index (χ2v) is 4.41. The topological polar surface area (TPSA) is 107 Å². The van der Waals surface area contributed by atoms with Gasteiger partial charge in [-0.1, -0.05) is 12.1 Å². The first-order valence-corrected chi connectivity index (χ1v) is 6.26. The van der Waals surface area contributed by atoms with Crippen LogP contribution in [0.25, 0.3) is 0 Å². The van der Waals surface area contributed by atoms with Crippen LogP contribution in [0.15, 0.2) is 34.9 Å². The number of hydrogen-bond acceptors (Lipinski definition) is 5. The number of carbonyl (C=O) groups is 2. The van der Waals surface area contributed by atoms with Crippen LogP contribution in [-0.2, 0) is 11.3 Å². The van der Waals surface area contributed by atoms with Gasteiger partial charge in [-0.3, -0.25) is 9.59 Å². The van der Waals surface area contributed by atoms with Crippen LogP contribution in [0.3, 0.4) is 0 Å². The van der Waals surface area contributed by atoms with Gasteiger partial charge in [-0.05, 0) is 29.8 Å². The van der Waals surface area contributed by atoms with Crippen LogP contribution in [0.4, 0.5) is 0 Å². The van der Waals surface area contributed by atoms with Gasteiger partial charge >= 0.3 is 0 Å². The number of nitrogens with two attached hydrogens (primary N) is 1. The van der Waals surface area contributed by atoms with Crippen LogP contribution in [-0.4, -0.2) is 23.6 Å². The SMILES string of the molecule is Cc1cc(OCC(=O)NCc2cccc(C(N)=O)c2)no1. The highest BCUT2D eigenvalue weighted by Gasteiger charge is 2.07. The van der Waals surface area contributed by atoms with Gasteiger partial charge in [0, 0.05) is 18.2 Å². The highest BCUT2D eigenvalue weighted by Crippen LogP contribution is 2.09. The summed E-state index contributed by atoms with van der Waals surface area (Å²) in [6.45, 7) is 1.84. The quantitative estimate of drug-likeness (QED) is 0.817. The van der Waals surface area contributed by atoms with Gasteiger partial charge in [0.2, 0.25) is 5.91 Å². The number of carbonyl (C=O) groups excluding carboxylic acids is 2. The van der Waals surface area contributed by atoms with E-state index in [0.717, 1.165) is 5.56 Å². The molecule has 0 aliphatic heterocycles. The molecule has 2 aromatic rings. The first-order valence-electron chi connectivity index (χ1n) is 6.26. The molecule has 0 saturated heterocycles. The van der Waals surface area contributed by atoms with E-state index in [-0.39, 0.29) is 24.9 Å². The van der Waals surface area contributed by atoms with Gasteiger partial charge in [-0.2, -0.15) is 0 Å². The van der Waals surface area contributed by atoms with Crippen molar-refractivity contribution < 1.29 is 18.8 Å². The van der Waals surface area contributed by atoms with Crippen LogP contribution in [0.1, 0.15) is 21.7 Å². The Morgan fingerprint density at radius 2 is 2.19 bits per heavy atom. The molecule has 0 saturated carbocycles. The van der Waals surface area contributed by atoms with E-state index in [9.17, 15) is 9.59 Å². The molecule has 0 spiro atoms. The Bertz CT molecular complexity index is 651. The second-order valence-electron chi connectivity index (χ2n) is 4.41. The molecule has 0 bridgehead atoms. The molecule has 110 valence electrons. The van der Waals surface area contributed by atoms with Crippen LogP contribution in [0.5, 0.6) is 5.88 Å².